The average molecular weight is 311 g/mol. The summed E-state index contributed by atoms with van der Waals surface area (Å²) in [6.45, 7) is 4.17. The van der Waals surface area contributed by atoms with Gasteiger partial charge in [-0.2, -0.15) is 0 Å². The van der Waals surface area contributed by atoms with Crippen LogP contribution in [0.3, 0.4) is 0 Å². The van der Waals surface area contributed by atoms with Crippen LogP contribution in [0, 0.1) is 0 Å². The lowest BCUT2D eigenvalue weighted by atomic mass is 9.93. The summed E-state index contributed by atoms with van der Waals surface area (Å²) in [5.41, 5.74) is 1.91. The summed E-state index contributed by atoms with van der Waals surface area (Å²) in [5, 5.41) is 12.6. The third-order valence-electron chi connectivity index (χ3n) is 3.96. The Morgan fingerprint density at radius 2 is 1.91 bits per heavy atom. The summed E-state index contributed by atoms with van der Waals surface area (Å²) in [4.78, 5) is 24.3. The summed E-state index contributed by atoms with van der Waals surface area (Å²) in [7, 11) is 0. The number of hydrogen-bond donors (Lipinski definition) is 2. The zero-order chi connectivity index (χ0) is 16.6. The normalized spacial score (nSPS) is 17.7. The van der Waals surface area contributed by atoms with Crippen molar-refractivity contribution in [3.63, 3.8) is 0 Å². The molecule has 118 valence electrons. The van der Waals surface area contributed by atoms with Gasteiger partial charge in [0.2, 0.25) is 5.78 Å². The Bertz CT molecular complexity index is 770. The number of carbonyl (C=O) groups excluding carboxylic acids is 2. The Balaban J connectivity index is 1.98. The van der Waals surface area contributed by atoms with Crippen LogP contribution in [0.15, 0.2) is 58.4 Å². The summed E-state index contributed by atoms with van der Waals surface area (Å²) >= 11 is 0. The molecule has 3 rings (SSSR count). The maximum Gasteiger partial charge on any atom is 0.287 e. The van der Waals surface area contributed by atoms with E-state index >= 15 is 0 Å². The Kier molecular flexibility index (Phi) is 3.78. The third kappa shape index (κ3) is 2.65. The maximum atomic E-state index is 12.5. The zero-order valence-electron chi connectivity index (χ0n) is 12.9. The van der Waals surface area contributed by atoms with Gasteiger partial charge in [0.05, 0.1) is 17.9 Å². The van der Waals surface area contributed by atoms with Crippen LogP contribution in [0.4, 0.5) is 0 Å². The number of aliphatic hydroxyl groups is 1. The molecule has 0 spiro atoms. The number of furan rings is 1. The summed E-state index contributed by atoms with van der Waals surface area (Å²) in [6.07, 6.45) is 1.38. The summed E-state index contributed by atoms with van der Waals surface area (Å²) < 4.78 is 5.09. The Morgan fingerprint density at radius 3 is 2.48 bits per heavy atom. The number of rotatable bonds is 4. The second kappa shape index (κ2) is 5.76. The fraction of sp³-hybridized carbons (Fsp3) is 0.222. The minimum absolute atomic E-state index is 0.0160. The molecule has 0 saturated carbocycles. The highest BCUT2D eigenvalue weighted by Gasteiger charge is 2.38. The van der Waals surface area contributed by atoms with E-state index in [4.69, 9.17) is 4.42 Å². The first-order valence-electron chi connectivity index (χ1n) is 7.41. The third-order valence-corrected chi connectivity index (χ3v) is 3.96. The highest BCUT2D eigenvalue weighted by atomic mass is 16.3. The number of aliphatic hydroxyl groups excluding tert-OH is 1. The van der Waals surface area contributed by atoms with E-state index in [2.05, 4.69) is 19.2 Å². The van der Waals surface area contributed by atoms with Gasteiger partial charge in [-0.3, -0.25) is 9.59 Å². The van der Waals surface area contributed by atoms with Crippen LogP contribution in [0.2, 0.25) is 0 Å². The fourth-order valence-electron chi connectivity index (χ4n) is 2.63. The van der Waals surface area contributed by atoms with Gasteiger partial charge in [-0.25, -0.2) is 0 Å². The molecule has 1 aliphatic rings. The van der Waals surface area contributed by atoms with Crippen molar-refractivity contribution in [1.82, 2.24) is 5.32 Å². The maximum absolute atomic E-state index is 12.5. The van der Waals surface area contributed by atoms with Crippen LogP contribution in [0.5, 0.6) is 0 Å². The van der Waals surface area contributed by atoms with Crippen molar-refractivity contribution in [3.8, 4) is 0 Å². The van der Waals surface area contributed by atoms with Crippen molar-refractivity contribution in [3.05, 3.63) is 70.9 Å². The molecule has 1 aromatic carbocycles. The molecule has 5 heteroatoms. The molecule has 1 atom stereocenters. The van der Waals surface area contributed by atoms with E-state index < -0.39 is 23.5 Å². The van der Waals surface area contributed by atoms with Crippen LogP contribution in [-0.4, -0.2) is 16.8 Å². The van der Waals surface area contributed by atoms with E-state index in [1.165, 1.54) is 12.3 Å². The van der Waals surface area contributed by atoms with Gasteiger partial charge < -0.3 is 14.8 Å². The van der Waals surface area contributed by atoms with Gasteiger partial charge in [0.1, 0.15) is 0 Å². The highest BCUT2D eigenvalue weighted by molar-refractivity contribution is 6.14. The number of ketones is 1. The van der Waals surface area contributed by atoms with Gasteiger partial charge in [-0.1, -0.05) is 38.1 Å². The fourth-order valence-corrected chi connectivity index (χ4v) is 2.63. The van der Waals surface area contributed by atoms with Crippen molar-refractivity contribution < 1.29 is 19.1 Å². The molecule has 5 nitrogen and oxygen atoms in total. The summed E-state index contributed by atoms with van der Waals surface area (Å²) in [5.74, 6) is -1.23. The van der Waals surface area contributed by atoms with Crippen molar-refractivity contribution in [2.45, 2.75) is 25.8 Å². The number of nitrogens with one attached hydrogen (secondary N) is 1. The topological polar surface area (TPSA) is 79.5 Å². The van der Waals surface area contributed by atoms with E-state index in [1.807, 2.05) is 24.3 Å². The Labute approximate surface area is 133 Å². The monoisotopic (exact) mass is 311 g/mol. The molecule has 1 aromatic heterocycles. The van der Waals surface area contributed by atoms with Crippen molar-refractivity contribution in [2.24, 2.45) is 0 Å². The largest absolute Gasteiger partial charge is 0.503 e. The van der Waals surface area contributed by atoms with Gasteiger partial charge in [-0.15, -0.1) is 0 Å². The molecule has 1 aliphatic heterocycles. The first-order valence-corrected chi connectivity index (χ1v) is 7.41. The van der Waals surface area contributed by atoms with Crippen molar-refractivity contribution in [1.29, 1.82) is 0 Å². The molecule has 23 heavy (non-hydrogen) atoms. The van der Waals surface area contributed by atoms with Crippen molar-refractivity contribution >= 4 is 11.7 Å². The quantitative estimate of drug-likeness (QED) is 0.849. The number of Topliss-reactive ketones (excluding diaryl/α,β-unsaturated/α-hetero) is 1. The molecular formula is C18H17NO4. The SMILES string of the molecule is CC(C)c1ccc([C@@H]2NC(=O)C(O)=C2C(=O)c2ccco2)cc1. The van der Waals surface area contributed by atoms with E-state index in [0.717, 1.165) is 11.1 Å². The number of carbonyl (C=O) groups is 2. The van der Waals surface area contributed by atoms with E-state index in [1.54, 1.807) is 6.07 Å². The van der Waals surface area contributed by atoms with E-state index in [-0.39, 0.29) is 11.3 Å². The lowest BCUT2D eigenvalue weighted by Gasteiger charge is -2.15. The van der Waals surface area contributed by atoms with Crippen LogP contribution in [0.1, 0.15) is 47.5 Å². The molecule has 2 heterocycles. The second-order valence-corrected chi connectivity index (χ2v) is 5.80. The zero-order valence-corrected chi connectivity index (χ0v) is 12.9. The number of hydrogen-bond acceptors (Lipinski definition) is 4. The van der Waals surface area contributed by atoms with Crippen LogP contribution >= 0.6 is 0 Å². The lowest BCUT2D eigenvalue weighted by Crippen LogP contribution is -2.23. The van der Waals surface area contributed by atoms with Crippen LogP contribution in [-0.2, 0) is 4.79 Å². The minimum Gasteiger partial charge on any atom is -0.503 e. The molecule has 0 radical (unpaired) electrons. The first-order chi connectivity index (χ1) is 11.0. The molecule has 2 N–H and O–H groups in total. The smallest absolute Gasteiger partial charge is 0.287 e. The van der Waals surface area contributed by atoms with Gasteiger partial charge in [-0.05, 0) is 29.2 Å². The van der Waals surface area contributed by atoms with Crippen LogP contribution < -0.4 is 5.32 Å². The Hall–Kier alpha value is -2.82. The Morgan fingerprint density at radius 1 is 1.22 bits per heavy atom. The van der Waals surface area contributed by atoms with E-state index in [0.29, 0.717) is 5.92 Å². The van der Waals surface area contributed by atoms with Gasteiger partial charge in [0, 0.05) is 0 Å². The molecule has 0 aliphatic carbocycles. The molecule has 0 bridgehead atoms. The molecule has 1 amide bonds. The summed E-state index contributed by atoms with van der Waals surface area (Å²) in [6, 6.07) is 10.0. The van der Waals surface area contributed by atoms with Gasteiger partial charge >= 0.3 is 0 Å². The molecule has 0 unspecified atom stereocenters. The van der Waals surface area contributed by atoms with Crippen molar-refractivity contribution in [2.75, 3.05) is 0 Å². The van der Waals surface area contributed by atoms with Gasteiger partial charge in [0.25, 0.3) is 5.91 Å². The lowest BCUT2D eigenvalue weighted by molar-refractivity contribution is -0.119. The second-order valence-electron chi connectivity index (χ2n) is 5.80. The van der Waals surface area contributed by atoms with Crippen LogP contribution in [0.25, 0.3) is 0 Å². The molecule has 2 aromatic rings. The minimum atomic E-state index is -0.679. The molecule has 0 fully saturated rings. The first kappa shape index (κ1) is 15.1. The van der Waals surface area contributed by atoms with E-state index in [9.17, 15) is 14.7 Å². The van der Waals surface area contributed by atoms with Gasteiger partial charge in [0.15, 0.2) is 11.5 Å². The number of benzene rings is 1. The number of amides is 1. The predicted octanol–water partition coefficient (Wildman–Crippen LogP) is 3.27. The predicted molar refractivity (Wildman–Crippen MR) is 84.1 cm³/mol. The standard InChI is InChI=1S/C18H17NO4/c1-10(2)11-5-7-12(8-6-11)15-14(17(21)18(22)19-15)16(20)13-4-3-9-23-13/h3-10,15,21H,1-2H3,(H,19,22)/t15-/m0/s1. The molecular weight excluding hydrogens is 294 g/mol. The molecule has 0 saturated heterocycles. The highest BCUT2D eigenvalue weighted by Crippen LogP contribution is 2.32. The average Bonchev–Trinajstić information content (AvgIpc) is 3.16.